The second-order valence-electron chi connectivity index (χ2n) is 13.2. The first-order chi connectivity index (χ1) is 23.7. The maximum atomic E-state index is 15.6. The van der Waals surface area contributed by atoms with Gasteiger partial charge >= 0.3 is 6.18 Å². The number of alkyl halides is 3. The molecule has 4 rings (SSSR count). The van der Waals surface area contributed by atoms with Crippen LogP contribution in [0, 0.1) is 18.2 Å². The second kappa shape index (κ2) is 15.8. The zero-order valence-corrected chi connectivity index (χ0v) is 29.8. The maximum absolute atomic E-state index is 15.6. The Bertz CT molecular complexity index is 2040. The van der Waals surface area contributed by atoms with Crippen molar-refractivity contribution in [3.05, 3.63) is 129 Å². The molecule has 0 fully saturated rings. The number of benzene rings is 4. The van der Waals surface area contributed by atoms with Gasteiger partial charge in [0.2, 0.25) is 5.91 Å². The fraction of sp³-hybridized carbons (Fsp3) is 0.263. The van der Waals surface area contributed by atoms with Crippen LogP contribution in [0.25, 0.3) is 17.2 Å². The van der Waals surface area contributed by atoms with Crippen molar-refractivity contribution in [2.24, 2.45) is 5.41 Å². The number of aryl methyl sites for hydroxylation is 1. The third kappa shape index (κ3) is 11.2. The molecule has 0 aliphatic rings. The summed E-state index contributed by atoms with van der Waals surface area (Å²) in [6.07, 6.45) is -0.909. The molecular formula is C38H37ClF4N2O5S. The van der Waals surface area contributed by atoms with Crippen molar-refractivity contribution < 1.29 is 40.1 Å². The average Bonchev–Trinajstić information content (AvgIpc) is 3.02. The van der Waals surface area contributed by atoms with Crippen molar-refractivity contribution in [1.29, 1.82) is 0 Å². The smallest absolute Gasteiger partial charge is 0.351 e. The molecular weight excluding hydrogens is 708 g/mol. The summed E-state index contributed by atoms with van der Waals surface area (Å²) in [4.78, 5) is 26.3. The van der Waals surface area contributed by atoms with E-state index in [2.05, 4.69) is 10.6 Å². The van der Waals surface area contributed by atoms with Gasteiger partial charge in [0.25, 0.3) is 16.0 Å². The average molecular weight is 745 g/mol. The summed E-state index contributed by atoms with van der Waals surface area (Å²) >= 11 is 5.99. The van der Waals surface area contributed by atoms with Crippen LogP contribution < -0.4 is 10.6 Å². The minimum absolute atomic E-state index is 0.0312. The van der Waals surface area contributed by atoms with Crippen molar-refractivity contribution in [2.75, 3.05) is 17.6 Å². The first-order valence-corrected chi connectivity index (χ1v) is 17.8. The van der Waals surface area contributed by atoms with E-state index in [1.54, 1.807) is 43.3 Å². The maximum Gasteiger partial charge on any atom is 0.417 e. The van der Waals surface area contributed by atoms with Gasteiger partial charge in [-0.2, -0.15) is 21.6 Å². The molecule has 13 heteroatoms. The van der Waals surface area contributed by atoms with E-state index in [1.807, 2.05) is 32.9 Å². The van der Waals surface area contributed by atoms with Gasteiger partial charge in [-0.25, -0.2) is 4.39 Å². The van der Waals surface area contributed by atoms with Crippen LogP contribution in [-0.4, -0.2) is 37.1 Å². The summed E-state index contributed by atoms with van der Waals surface area (Å²) in [7, 11) is -4.26. The topological polar surface area (TPSA) is 113 Å². The molecule has 0 aliphatic heterocycles. The van der Waals surface area contributed by atoms with Gasteiger partial charge < -0.3 is 10.6 Å². The van der Waals surface area contributed by atoms with Crippen LogP contribution in [0.15, 0.2) is 84.9 Å². The van der Waals surface area contributed by atoms with Gasteiger partial charge in [0.05, 0.1) is 22.9 Å². The van der Waals surface area contributed by atoms with E-state index < -0.39 is 62.4 Å². The Balaban J connectivity index is 1.67. The van der Waals surface area contributed by atoms with Gasteiger partial charge in [0.15, 0.2) is 0 Å². The molecule has 7 nitrogen and oxygen atoms in total. The van der Waals surface area contributed by atoms with Crippen molar-refractivity contribution in [1.82, 2.24) is 5.32 Å². The number of allylic oxidation sites excluding steroid dienone is 1. The summed E-state index contributed by atoms with van der Waals surface area (Å²) in [6.45, 7) is 7.37. The van der Waals surface area contributed by atoms with Gasteiger partial charge in [0.1, 0.15) is 5.82 Å². The fourth-order valence-electron chi connectivity index (χ4n) is 5.25. The molecule has 0 bridgehead atoms. The third-order valence-electron chi connectivity index (χ3n) is 7.88. The van der Waals surface area contributed by atoms with Crippen molar-refractivity contribution in [2.45, 2.75) is 46.2 Å². The van der Waals surface area contributed by atoms with Gasteiger partial charge in [-0.05, 0) is 88.5 Å². The number of nitrogens with one attached hydrogen (secondary N) is 2. The van der Waals surface area contributed by atoms with E-state index in [0.29, 0.717) is 27.8 Å². The number of carbonyl (C=O) groups is 2. The summed E-state index contributed by atoms with van der Waals surface area (Å²) in [6, 6.07) is 18.7. The molecule has 1 atom stereocenters. The fourth-order valence-corrected chi connectivity index (χ4v) is 5.83. The van der Waals surface area contributed by atoms with E-state index in [9.17, 15) is 31.2 Å². The molecule has 270 valence electrons. The van der Waals surface area contributed by atoms with Crippen LogP contribution in [0.3, 0.4) is 0 Å². The molecule has 1 unspecified atom stereocenters. The summed E-state index contributed by atoms with van der Waals surface area (Å²) in [5.74, 6) is -4.07. The predicted octanol–water partition coefficient (Wildman–Crippen LogP) is 9.12. The monoisotopic (exact) mass is 744 g/mol. The highest BCUT2D eigenvalue weighted by Gasteiger charge is 2.36. The lowest BCUT2D eigenvalue weighted by Gasteiger charge is -2.21. The Labute approximate surface area is 299 Å². The van der Waals surface area contributed by atoms with Gasteiger partial charge in [-0.15, -0.1) is 0 Å². The molecule has 0 aliphatic carbocycles. The number of halogens is 5. The minimum atomic E-state index is -4.88. The molecule has 4 aromatic carbocycles. The number of carbonyl (C=O) groups excluding carboxylic acids is 2. The predicted molar refractivity (Wildman–Crippen MR) is 192 cm³/mol. The lowest BCUT2D eigenvalue weighted by Crippen LogP contribution is -2.28. The number of hydrogen-bond donors (Lipinski definition) is 3. The van der Waals surface area contributed by atoms with Crippen molar-refractivity contribution >= 4 is 45.3 Å². The summed E-state index contributed by atoms with van der Waals surface area (Å²) < 4.78 is 89.4. The summed E-state index contributed by atoms with van der Waals surface area (Å²) in [5.41, 5.74) is 0.407. The van der Waals surface area contributed by atoms with Gasteiger partial charge in [-0.1, -0.05) is 87.0 Å². The highest BCUT2D eigenvalue weighted by molar-refractivity contribution is 7.85. The third-order valence-corrected chi connectivity index (χ3v) is 8.84. The Hall–Kier alpha value is -4.52. The van der Waals surface area contributed by atoms with Gasteiger partial charge in [-0.3, -0.25) is 14.1 Å². The van der Waals surface area contributed by atoms with Crippen LogP contribution in [0.5, 0.6) is 0 Å². The first kappa shape index (κ1) is 39.3. The number of hydrogen-bond acceptors (Lipinski definition) is 4. The van der Waals surface area contributed by atoms with Crippen LogP contribution in [0.4, 0.5) is 23.2 Å². The molecule has 0 radical (unpaired) electrons. The quantitative estimate of drug-likeness (QED) is 0.105. The zero-order valence-electron chi connectivity index (χ0n) is 28.2. The Morgan fingerprint density at radius 2 is 1.57 bits per heavy atom. The Kier molecular flexibility index (Phi) is 12.2. The molecule has 0 spiro atoms. The summed E-state index contributed by atoms with van der Waals surface area (Å²) in [5, 5.41) is 5.08. The lowest BCUT2D eigenvalue weighted by atomic mass is 9.89. The van der Waals surface area contributed by atoms with E-state index in [-0.39, 0.29) is 29.5 Å². The lowest BCUT2D eigenvalue weighted by molar-refractivity contribution is -0.137. The molecule has 0 heterocycles. The number of anilines is 1. The zero-order chi connectivity index (χ0) is 37.7. The largest absolute Gasteiger partial charge is 0.417 e. The van der Waals surface area contributed by atoms with E-state index in [1.165, 1.54) is 30.3 Å². The second-order valence-corrected chi connectivity index (χ2v) is 15.2. The Morgan fingerprint density at radius 1 is 0.922 bits per heavy atom. The highest BCUT2D eigenvalue weighted by Crippen LogP contribution is 2.41. The molecule has 2 amide bonds. The Morgan fingerprint density at radius 3 is 2.14 bits per heavy atom. The normalized spacial score (nSPS) is 12.9. The SMILES string of the molecule is Cc1cc(Cl)ccc1-c1cc(F)c(NC(=O)C(Cc2ccc(C(=O)NCCS(=O)(=O)O)cc2)c2ccc(/C=C/C(C)(C)C)cc2)cc1C(F)(F)F. The van der Waals surface area contributed by atoms with Crippen LogP contribution >= 0.6 is 11.6 Å². The van der Waals surface area contributed by atoms with Crippen LogP contribution in [0.1, 0.15) is 64.9 Å². The molecule has 51 heavy (non-hydrogen) atoms. The van der Waals surface area contributed by atoms with E-state index in [4.69, 9.17) is 16.2 Å². The standard InChI is InChI=1S/C38H37ClF4N2O5S/c1-23-19-28(39)13-14-29(23)31-21-33(40)34(22-32(31)38(41,42)43)45-36(47)30(26-9-5-24(6-10-26)15-16-37(2,3)4)20-25-7-11-27(12-8-25)35(46)44-17-18-51(48,49)50/h5-16,19,21-22,30H,17-18,20H2,1-4H3,(H,44,46)(H,45,47)(H,48,49,50)/b16-15+. The molecule has 4 aromatic rings. The molecule has 0 saturated carbocycles. The van der Waals surface area contributed by atoms with Crippen LogP contribution in [-0.2, 0) is 27.5 Å². The first-order valence-electron chi connectivity index (χ1n) is 15.8. The molecule has 0 saturated heterocycles. The van der Waals surface area contributed by atoms with Crippen LogP contribution in [0.2, 0.25) is 5.02 Å². The molecule has 3 N–H and O–H groups in total. The minimum Gasteiger partial charge on any atom is -0.351 e. The molecule has 0 aromatic heterocycles. The number of amides is 2. The van der Waals surface area contributed by atoms with Crippen molar-refractivity contribution in [3.8, 4) is 11.1 Å². The van der Waals surface area contributed by atoms with E-state index in [0.717, 1.165) is 11.6 Å². The van der Waals surface area contributed by atoms with E-state index >= 15 is 4.39 Å². The van der Waals surface area contributed by atoms with Gasteiger partial charge in [0, 0.05) is 17.1 Å². The van der Waals surface area contributed by atoms with Crippen molar-refractivity contribution in [3.63, 3.8) is 0 Å². The highest BCUT2D eigenvalue weighted by atomic mass is 35.5. The number of rotatable bonds is 11.